The normalized spacial score (nSPS) is 11.5. The van der Waals surface area contributed by atoms with Gasteiger partial charge >= 0.3 is 9.95 Å². The van der Waals surface area contributed by atoms with Gasteiger partial charge in [-0.15, -0.1) is 0 Å². The molecule has 0 heterocycles. The fourth-order valence-electron chi connectivity index (χ4n) is 1.23. The summed E-state index contributed by atoms with van der Waals surface area (Å²) in [6.45, 7) is 2.17. The van der Waals surface area contributed by atoms with Gasteiger partial charge in [-0.25, -0.2) is 0 Å². The number of ether oxygens (including phenoxy) is 1. The third-order valence-corrected chi connectivity index (χ3v) is 2.20. The summed E-state index contributed by atoms with van der Waals surface area (Å²) in [6, 6.07) is 0. The number of esters is 1. The van der Waals surface area contributed by atoms with Gasteiger partial charge in [-0.1, -0.05) is 39.0 Å². The smallest absolute Gasteiger partial charge is 0.340 e. The van der Waals surface area contributed by atoms with E-state index in [4.69, 9.17) is 34.8 Å². The lowest BCUT2D eigenvalue weighted by Gasteiger charge is -2.11. The van der Waals surface area contributed by atoms with E-state index in [0.717, 1.165) is 19.3 Å². The second kappa shape index (κ2) is 8.49. The Bertz CT molecular complexity index is 178. The summed E-state index contributed by atoms with van der Waals surface area (Å²) >= 11 is 15.9. The van der Waals surface area contributed by atoms with Crippen molar-refractivity contribution in [1.29, 1.82) is 0 Å². The van der Waals surface area contributed by atoms with Crippen molar-refractivity contribution in [2.75, 3.05) is 0 Å². The molecule has 0 aromatic carbocycles. The molecule has 0 aliphatic rings. The highest BCUT2D eigenvalue weighted by molar-refractivity contribution is 6.66. The van der Waals surface area contributed by atoms with E-state index in [-0.39, 0.29) is 0 Å². The molecule has 0 fully saturated rings. The van der Waals surface area contributed by atoms with Gasteiger partial charge in [-0.3, -0.25) is 4.79 Å². The van der Waals surface area contributed by atoms with Crippen molar-refractivity contribution in [3.63, 3.8) is 0 Å². The van der Waals surface area contributed by atoms with Crippen LogP contribution in [0.15, 0.2) is 0 Å². The lowest BCUT2D eigenvalue weighted by Crippen LogP contribution is -2.15. The quantitative estimate of drug-likeness (QED) is 0.385. The zero-order valence-electron chi connectivity index (χ0n) is 8.90. The lowest BCUT2D eigenvalue weighted by molar-refractivity contribution is -0.144. The van der Waals surface area contributed by atoms with E-state index in [1.165, 1.54) is 19.3 Å². The monoisotopic (exact) mass is 274 g/mol. The van der Waals surface area contributed by atoms with Crippen molar-refractivity contribution < 1.29 is 9.53 Å². The Labute approximate surface area is 106 Å². The molecule has 0 saturated heterocycles. The van der Waals surface area contributed by atoms with E-state index in [1.54, 1.807) is 0 Å². The van der Waals surface area contributed by atoms with Crippen molar-refractivity contribution in [3.05, 3.63) is 0 Å². The van der Waals surface area contributed by atoms with Gasteiger partial charge in [0.15, 0.2) is 0 Å². The van der Waals surface area contributed by atoms with Crippen LogP contribution in [0.5, 0.6) is 0 Å². The average Bonchev–Trinajstić information content (AvgIpc) is 2.08. The number of unbranched alkanes of at least 4 members (excludes halogenated alkanes) is 5. The minimum Gasteiger partial charge on any atom is -0.415 e. The first-order valence-corrected chi connectivity index (χ1v) is 6.37. The van der Waals surface area contributed by atoms with Crippen LogP contribution < -0.4 is 0 Å². The molecule has 90 valence electrons. The van der Waals surface area contributed by atoms with Crippen molar-refractivity contribution in [2.45, 2.75) is 55.8 Å². The third-order valence-electron chi connectivity index (χ3n) is 1.96. The number of hydrogen-bond donors (Lipinski definition) is 0. The highest BCUT2D eigenvalue weighted by Crippen LogP contribution is 2.28. The maximum Gasteiger partial charge on any atom is 0.340 e. The molecule has 0 rings (SSSR count). The van der Waals surface area contributed by atoms with Crippen LogP contribution in [0.1, 0.15) is 51.9 Å². The molecule has 0 bridgehead atoms. The topological polar surface area (TPSA) is 26.3 Å². The summed E-state index contributed by atoms with van der Waals surface area (Å²) in [7, 11) is 0. The molecule has 0 aromatic heterocycles. The second-order valence-electron chi connectivity index (χ2n) is 3.44. The van der Waals surface area contributed by atoms with Gasteiger partial charge in [0.05, 0.1) is 0 Å². The van der Waals surface area contributed by atoms with Gasteiger partial charge in [0.2, 0.25) is 0 Å². The Morgan fingerprint density at radius 3 is 2.13 bits per heavy atom. The van der Waals surface area contributed by atoms with Crippen LogP contribution in [0.4, 0.5) is 0 Å². The molecule has 15 heavy (non-hydrogen) atoms. The Kier molecular flexibility index (Phi) is 8.68. The average molecular weight is 276 g/mol. The maximum absolute atomic E-state index is 11.1. The molecule has 0 saturated carbocycles. The largest absolute Gasteiger partial charge is 0.415 e. The predicted octanol–water partition coefficient (Wildman–Crippen LogP) is 4.61. The highest BCUT2D eigenvalue weighted by atomic mass is 35.6. The van der Waals surface area contributed by atoms with Crippen molar-refractivity contribution in [3.8, 4) is 0 Å². The highest BCUT2D eigenvalue weighted by Gasteiger charge is 2.24. The van der Waals surface area contributed by atoms with Crippen LogP contribution >= 0.6 is 34.8 Å². The number of halogens is 3. The van der Waals surface area contributed by atoms with E-state index in [1.807, 2.05) is 0 Å². The first-order valence-electron chi connectivity index (χ1n) is 5.24. The third kappa shape index (κ3) is 12.3. The van der Waals surface area contributed by atoms with E-state index >= 15 is 0 Å². The molecule has 0 unspecified atom stereocenters. The summed E-state index contributed by atoms with van der Waals surface area (Å²) in [5.41, 5.74) is 0. The Morgan fingerprint density at radius 1 is 1.07 bits per heavy atom. The van der Waals surface area contributed by atoms with Crippen molar-refractivity contribution in [2.24, 2.45) is 0 Å². The van der Waals surface area contributed by atoms with Gasteiger partial charge in [0.1, 0.15) is 0 Å². The van der Waals surface area contributed by atoms with Crippen LogP contribution in [0.25, 0.3) is 0 Å². The molecule has 0 atom stereocenters. The van der Waals surface area contributed by atoms with Gasteiger partial charge in [0, 0.05) is 6.42 Å². The Morgan fingerprint density at radius 2 is 1.60 bits per heavy atom. The molecule has 0 aliphatic carbocycles. The molecular weight excluding hydrogens is 258 g/mol. The summed E-state index contributed by atoms with van der Waals surface area (Å²) in [4.78, 5) is 11.1. The molecule has 0 amide bonds. The molecule has 0 aromatic rings. The van der Waals surface area contributed by atoms with E-state index in [2.05, 4.69) is 11.7 Å². The Balaban J connectivity index is 3.32. The summed E-state index contributed by atoms with van der Waals surface area (Å²) in [5.74, 6) is -0.453. The summed E-state index contributed by atoms with van der Waals surface area (Å²) < 4.78 is 2.61. The van der Waals surface area contributed by atoms with Crippen LogP contribution in [0.2, 0.25) is 0 Å². The molecule has 5 heteroatoms. The minimum atomic E-state index is -1.92. The van der Waals surface area contributed by atoms with Gasteiger partial charge in [-0.05, 0) is 41.2 Å². The molecule has 0 aliphatic heterocycles. The number of carbonyl (C=O) groups is 1. The molecule has 2 nitrogen and oxygen atoms in total. The van der Waals surface area contributed by atoms with Crippen LogP contribution in [0, 0.1) is 0 Å². The summed E-state index contributed by atoms with van der Waals surface area (Å²) in [5, 5.41) is 0. The lowest BCUT2D eigenvalue weighted by atomic mass is 10.1. The summed E-state index contributed by atoms with van der Waals surface area (Å²) in [6.07, 6.45) is 6.97. The van der Waals surface area contributed by atoms with Gasteiger partial charge < -0.3 is 4.74 Å². The van der Waals surface area contributed by atoms with Crippen LogP contribution in [-0.2, 0) is 9.53 Å². The van der Waals surface area contributed by atoms with Crippen LogP contribution in [0.3, 0.4) is 0 Å². The fourth-order valence-corrected chi connectivity index (χ4v) is 1.49. The predicted molar refractivity (Wildman–Crippen MR) is 64.4 cm³/mol. The standard InChI is InChI=1S/C10H17Cl3O2/c1-2-3-4-5-6-7-8-9(14)15-10(11,12)13/h2-8H2,1H3. The number of carbonyl (C=O) groups excluding carboxylic acids is 1. The maximum atomic E-state index is 11.1. The van der Waals surface area contributed by atoms with E-state index < -0.39 is 9.95 Å². The van der Waals surface area contributed by atoms with Gasteiger partial charge in [-0.2, -0.15) is 0 Å². The Hall–Kier alpha value is 0.340. The number of rotatable bonds is 7. The van der Waals surface area contributed by atoms with Crippen molar-refractivity contribution >= 4 is 40.8 Å². The van der Waals surface area contributed by atoms with Gasteiger partial charge in [0.25, 0.3) is 0 Å². The van der Waals surface area contributed by atoms with E-state index in [9.17, 15) is 4.79 Å². The first-order chi connectivity index (χ1) is 6.95. The zero-order chi connectivity index (χ0) is 11.7. The SMILES string of the molecule is CCCCCCCCC(=O)OC(Cl)(Cl)Cl. The van der Waals surface area contributed by atoms with E-state index in [0.29, 0.717) is 6.42 Å². The second-order valence-corrected chi connectivity index (χ2v) is 5.61. The fraction of sp³-hybridized carbons (Fsp3) is 0.900. The molecule has 0 spiro atoms. The minimum absolute atomic E-state index is 0.319. The molecular formula is C10H17Cl3O2. The number of hydrogen-bond acceptors (Lipinski definition) is 2. The van der Waals surface area contributed by atoms with Crippen molar-refractivity contribution in [1.82, 2.24) is 0 Å². The molecule has 0 N–H and O–H groups in total. The van der Waals surface area contributed by atoms with Crippen LogP contribution in [-0.4, -0.2) is 9.95 Å². The number of alkyl halides is 3. The zero-order valence-corrected chi connectivity index (χ0v) is 11.2. The first kappa shape index (κ1) is 15.3. The molecule has 0 radical (unpaired) electrons.